The van der Waals surface area contributed by atoms with Crippen molar-refractivity contribution in [2.45, 2.75) is 32.9 Å². The number of carbonyl (C=O) groups is 2. The van der Waals surface area contributed by atoms with E-state index in [1.807, 2.05) is 45.0 Å². The second-order valence-corrected chi connectivity index (χ2v) is 7.78. The van der Waals surface area contributed by atoms with Gasteiger partial charge in [-0.15, -0.1) is 0 Å². The first kappa shape index (κ1) is 20.5. The quantitative estimate of drug-likeness (QED) is 0.686. The molecule has 2 aromatic carbocycles. The number of carbonyl (C=O) groups excluding carboxylic acids is 2. The minimum Gasteiger partial charge on any atom is -0.348 e. The summed E-state index contributed by atoms with van der Waals surface area (Å²) < 4.78 is 0.979. The number of hydrogen-bond donors (Lipinski definition) is 2. The number of benzene rings is 2. The van der Waals surface area contributed by atoms with Gasteiger partial charge in [0.15, 0.2) is 0 Å². The lowest BCUT2D eigenvalue weighted by Gasteiger charge is -2.24. The number of halogens is 2. The van der Waals surface area contributed by atoms with Crippen LogP contribution in [0.5, 0.6) is 0 Å². The maximum atomic E-state index is 12.7. The molecule has 2 rings (SSSR count). The van der Waals surface area contributed by atoms with Gasteiger partial charge in [0.05, 0.1) is 16.6 Å². The van der Waals surface area contributed by atoms with Crippen LogP contribution in [0.15, 0.2) is 53.0 Å². The van der Waals surface area contributed by atoms with E-state index in [4.69, 9.17) is 11.6 Å². The second-order valence-electron chi connectivity index (χ2n) is 6.46. The van der Waals surface area contributed by atoms with Gasteiger partial charge in [0, 0.05) is 4.47 Å². The zero-order valence-corrected chi connectivity index (χ0v) is 17.3. The Balaban J connectivity index is 2.08. The summed E-state index contributed by atoms with van der Waals surface area (Å²) >= 11 is 9.47. The maximum absolute atomic E-state index is 12.7. The highest BCUT2D eigenvalue weighted by molar-refractivity contribution is 9.10. The molecule has 2 aromatic rings. The topological polar surface area (TPSA) is 58.2 Å². The number of amides is 2. The van der Waals surface area contributed by atoms with Crippen molar-refractivity contribution in [3.05, 3.63) is 69.2 Å². The van der Waals surface area contributed by atoms with E-state index >= 15 is 0 Å². The summed E-state index contributed by atoms with van der Waals surface area (Å²) in [6.45, 7) is 5.69. The van der Waals surface area contributed by atoms with Gasteiger partial charge in [0.2, 0.25) is 5.91 Å². The number of hydrogen-bond acceptors (Lipinski definition) is 2. The van der Waals surface area contributed by atoms with Crippen LogP contribution in [0.2, 0.25) is 5.02 Å². The molecular formula is C20H22BrClN2O2. The Hall–Kier alpha value is -1.85. The molecule has 26 heavy (non-hydrogen) atoms. The highest BCUT2D eigenvalue weighted by Crippen LogP contribution is 2.18. The minimum absolute atomic E-state index is 0.0708. The maximum Gasteiger partial charge on any atom is 0.253 e. The van der Waals surface area contributed by atoms with Crippen LogP contribution in [0.1, 0.15) is 42.7 Å². The fourth-order valence-corrected chi connectivity index (χ4v) is 3.02. The van der Waals surface area contributed by atoms with Gasteiger partial charge >= 0.3 is 0 Å². The highest BCUT2D eigenvalue weighted by Gasteiger charge is 2.26. The Labute approximate surface area is 167 Å². The first-order valence-corrected chi connectivity index (χ1v) is 9.58. The molecule has 0 bridgehead atoms. The second kappa shape index (κ2) is 9.19. The average Bonchev–Trinajstić information content (AvgIpc) is 2.59. The monoisotopic (exact) mass is 436 g/mol. The zero-order chi connectivity index (χ0) is 19.3. The summed E-state index contributed by atoms with van der Waals surface area (Å²) in [6.07, 6.45) is 0. The molecule has 0 spiro atoms. The largest absolute Gasteiger partial charge is 0.348 e. The summed E-state index contributed by atoms with van der Waals surface area (Å²) in [5.74, 6) is -0.657. The Morgan fingerprint density at radius 3 is 2.15 bits per heavy atom. The van der Waals surface area contributed by atoms with Crippen LogP contribution in [0.25, 0.3) is 0 Å². The lowest BCUT2D eigenvalue weighted by Crippen LogP contribution is -2.50. The van der Waals surface area contributed by atoms with Crippen molar-refractivity contribution in [1.29, 1.82) is 0 Å². The molecule has 4 nitrogen and oxygen atoms in total. The van der Waals surface area contributed by atoms with Crippen LogP contribution >= 0.6 is 27.5 Å². The van der Waals surface area contributed by atoms with Gasteiger partial charge < -0.3 is 10.6 Å². The summed E-state index contributed by atoms with van der Waals surface area (Å²) in [6, 6.07) is 13.7. The molecular weight excluding hydrogens is 416 g/mol. The molecule has 2 atom stereocenters. The van der Waals surface area contributed by atoms with Crippen molar-refractivity contribution >= 4 is 39.3 Å². The summed E-state index contributed by atoms with van der Waals surface area (Å²) in [5, 5.41) is 6.12. The van der Waals surface area contributed by atoms with Gasteiger partial charge in [0.1, 0.15) is 6.04 Å². The molecule has 6 heteroatoms. The molecule has 0 aliphatic rings. The van der Waals surface area contributed by atoms with Gasteiger partial charge in [-0.3, -0.25) is 9.59 Å². The normalized spacial score (nSPS) is 13.2. The molecule has 138 valence electrons. The molecule has 0 aliphatic carbocycles. The van der Waals surface area contributed by atoms with E-state index in [1.54, 1.807) is 24.3 Å². The van der Waals surface area contributed by atoms with Gasteiger partial charge in [-0.25, -0.2) is 0 Å². The molecule has 0 aromatic heterocycles. The third-order valence-electron chi connectivity index (χ3n) is 4.08. The minimum atomic E-state index is -0.656. The molecule has 0 radical (unpaired) electrons. The van der Waals surface area contributed by atoms with Crippen molar-refractivity contribution < 1.29 is 9.59 Å². The van der Waals surface area contributed by atoms with Gasteiger partial charge in [-0.1, -0.05) is 65.6 Å². The fraction of sp³-hybridized carbons (Fsp3) is 0.300. The third-order valence-corrected chi connectivity index (χ3v) is 4.94. The van der Waals surface area contributed by atoms with E-state index in [0.717, 1.165) is 10.0 Å². The average molecular weight is 438 g/mol. The van der Waals surface area contributed by atoms with E-state index in [2.05, 4.69) is 26.6 Å². The third kappa shape index (κ3) is 5.32. The van der Waals surface area contributed by atoms with Gasteiger partial charge in [0.25, 0.3) is 5.91 Å². The van der Waals surface area contributed by atoms with Gasteiger partial charge in [-0.2, -0.15) is 0 Å². The zero-order valence-electron chi connectivity index (χ0n) is 14.9. The van der Waals surface area contributed by atoms with Crippen LogP contribution < -0.4 is 10.6 Å². The summed E-state index contributed by atoms with van der Waals surface area (Å²) in [7, 11) is 0. The first-order chi connectivity index (χ1) is 12.3. The predicted octanol–water partition coefficient (Wildman–Crippen LogP) is 4.73. The Kier molecular flexibility index (Phi) is 7.23. The SMILES string of the molecule is CC(NC(=O)[C@@H](NC(=O)c1ccccc1Cl)C(C)C)c1ccc(Br)cc1. The standard InChI is InChI=1S/C20H22BrClN2O2/c1-12(2)18(24-19(25)16-6-4-5-7-17(16)22)20(26)23-13(3)14-8-10-15(21)11-9-14/h4-13,18H,1-3H3,(H,23,26)(H,24,25)/t13?,18-/m0/s1. The van der Waals surface area contributed by atoms with E-state index < -0.39 is 6.04 Å². The molecule has 0 fully saturated rings. The van der Waals surface area contributed by atoms with E-state index in [1.165, 1.54) is 0 Å². The molecule has 2 N–H and O–H groups in total. The van der Waals surface area contributed by atoms with Crippen molar-refractivity contribution in [2.75, 3.05) is 0 Å². The lowest BCUT2D eigenvalue weighted by molar-refractivity contribution is -0.124. The van der Waals surface area contributed by atoms with Crippen LogP contribution in [-0.4, -0.2) is 17.9 Å². The first-order valence-electron chi connectivity index (χ1n) is 8.41. The molecule has 0 saturated carbocycles. The van der Waals surface area contributed by atoms with E-state index in [-0.39, 0.29) is 23.8 Å². The lowest BCUT2D eigenvalue weighted by atomic mass is 10.0. The van der Waals surface area contributed by atoms with Crippen LogP contribution in [-0.2, 0) is 4.79 Å². The summed E-state index contributed by atoms with van der Waals surface area (Å²) in [4.78, 5) is 25.2. The fourth-order valence-electron chi connectivity index (χ4n) is 2.54. The van der Waals surface area contributed by atoms with E-state index in [0.29, 0.717) is 10.6 Å². The summed E-state index contributed by atoms with van der Waals surface area (Å²) in [5.41, 5.74) is 1.34. The molecule has 0 saturated heterocycles. The molecule has 2 amide bonds. The Bertz CT molecular complexity index is 778. The number of nitrogens with one attached hydrogen (secondary N) is 2. The van der Waals surface area contributed by atoms with Crippen molar-refractivity contribution in [1.82, 2.24) is 10.6 Å². The van der Waals surface area contributed by atoms with Crippen molar-refractivity contribution in [2.24, 2.45) is 5.92 Å². The molecule has 1 unspecified atom stereocenters. The van der Waals surface area contributed by atoms with Crippen molar-refractivity contribution in [3.8, 4) is 0 Å². The van der Waals surface area contributed by atoms with Crippen LogP contribution in [0.3, 0.4) is 0 Å². The van der Waals surface area contributed by atoms with E-state index in [9.17, 15) is 9.59 Å². The predicted molar refractivity (Wildman–Crippen MR) is 108 cm³/mol. The number of rotatable bonds is 6. The van der Waals surface area contributed by atoms with Crippen LogP contribution in [0.4, 0.5) is 0 Å². The Morgan fingerprint density at radius 2 is 1.58 bits per heavy atom. The molecule has 0 aliphatic heterocycles. The highest BCUT2D eigenvalue weighted by atomic mass is 79.9. The van der Waals surface area contributed by atoms with Crippen LogP contribution in [0, 0.1) is 5.92 Å². The molecule has 0 heterocycles. The Morgan fingerprint density at radius 1 is 0.962 bits per heavy atom. The smallest absolute Gasteiger partial charge is 0.253 e. The van der Waals surface area contributed by atoms with Crippen molar-refractivity contribution in [3.63, 3.8) is 0 Å². The van der Waals surface area contributed by atoms with Gasteiger partial charge in [-0.05, 0) is 42.7 Å².